The molecule has 0 spiro atoms. The lowest BCUT2D eigenvalue weighted by Gasteiger charge is -2.16. The van der Waals surface area contributed by atoms with Gasteiger partial charge in [0.25, 0.3) is 0 Å². The number of hydrogen-bond donors (Lipinski definition) is 2. The Morgan fingerprint density at radius 2 is 2.06 bits per heavy atom. The number of hydrogen-bond acceptors (Lipinski definition) is 3. The van der Waals surface area contributed by atoms with Crippen LogP contribution in [0.5, 0.6) is 5.75 Å². The van der Waals surface area contributed by atoms with E-state index in [2.05, 4.69) is 5.32 Å². The topological polar surface area (TPSA) is 58.6 Å². The first-order valence-electron chi connectivity index (χ1n) is 6.23. The molecule has 0 bridgehead atoms. The van der Waals surface area contributed by atoms with Crippen LogP contribution in [0.15, 0.2) is 12.1 Å². The van der Waals surface area contributed by atoms with Crippen LogP contribution in [0.1, 0.15) is 29.5 Å². The Labute approximate surface area is 107 Å². The van der Waals surface area contributed by atoms with Crippen LogP contribution in [0.4, 0.5) is 0 Å². The van der Waals surface area contributed by atoms with Crippen LogP contribution >= 0.6 is 0 Å². The number of carbonyl (C=O) groups excluding carboxylic acids is 1. The van der Waals surface area contributed by atoms with Gasteiger partial charge in [0.15, 0.2) is 0 Å². The average molecular weight is 249 g/mol. The standard InChI is InChI=1S/C14H19NO3/c1-9-5-11(7-16)6-10(2)14(9)18-8-12-3-4-13(17)15-12/h5-6,12,16H,3-4,7-8H2,1-2H3,(H,15,17). The van der Waals surface area contributed by atoms with Gasteiger partial charge in [-0.3, -0.25) is 4.79 Å². The molecule has 1 aliphatic rings. The summed E-state index contributed by atoms with van der Waals surface area (Å²) in [4.78, 5) is 11.1. The third kappa shape index (κ3) is 2.82. The van der Waals surface area contributed by atoms with Crippen molar-refractivity contribution in [1.29, 1.82) is 0 Å². The monoisotopic (exact) mass is 249 g/mol. The number of aliphatic hydroxyl groups is 1. The third-order valence-corrected chi connectivity index (χ3v) is 3.22. The molecule has 1 aromatic carbocycles. The number of aryl methyl sites for hydroxylation is 2. The van der Waals surface area contributed by atoms with Crippen LogP contribution < -0.4 is 10.1 Å². The number of aliphatic hydroxyl groups excluding tert-OH is 1. The van der Waals surface area contributed by atoms with Gasteiger partial charge in [-0.25, -0.2) is 0 Å². The first kappa shape index (κ1) is 12.9. The van der Waals surface area contributed by atoms with E-state index in [1.807, 2.05) is 26.0 Å². The highest BCUT2D eigenvalue weighted by molar-refractivity contribution is 5.78. The Morgan fingerprint density at radius 1 is 1.39 bits per heavy atom. The van der Waals surface area contributed by atoms with Crippen molar-refractivity contribution >= 4 is 5.91 Å². The predicted molar refractivity (Wildman–Crippen MR) is 68.5 cm³/mol. The Balaban J connectivity index is 2.03. The van der Waals surface area contributed by atoms with Gasteiger partial charge >= 0.3 is 0 Å². The van der Waals surface area contributed by atoms with E-state index in [0.29, 0.717) is 13.0 Å². The molecule has 0 radical (unpaired) electrons. The Bertz CT molecular complexity index is 433. The lowest BCUT2D eigenvalue weighted by atomic mass is 10.1. The summed E-state index contributed by atoms with van der Waals surface area (Å²) in [5.74, 6) is 0.959. The summed E-state index contributed by atoms with van der Waals surface area (Å²) in [6.07, 6.45) is 1.43. The summed E-state index contributed by atoms with van der Waals surface area (Å²) >= 11 is 0. The molecule has 18 heavy (non-hydrogen) atoms. The zero-order valence-corrected chi connectivity index (χ0v) is 10.8. The summed E-state index contributed by atoms with van der Waals surface area (Å²) in [6, 6.07) is 3.97. The molecule has 2 N–H and O–H groups in total. The molecule has 1 saturated heterocycles. The molecule has 0 aromatic heterocycles. The SMILES string of the molecule is Cc1cc(CO)cc(C)c1OCC1CCC(=O)N1. The number of ether oxygens (including phenoxy) is 1. The lowest BCUT2D eigenvalue weighted by molar-refractivity contribution is -0.119. The fraction of sp³-hybridized carbons (Fsp3) is 0.500. The van der Waals surface area contributed by atoms with Crippen molar-refractivity contribution in [3.8, 4) is 5.75 Å². The first-order chi connectivity index (χ1) is 8.60. The minimum atomic E-state index is 0.0423. The molecule has 4 nitrogen and oxygen atoms in total. The second-order valence-corrected chi connectivity index (χ2v) is 4.83. The van der Waals surface area contributed by atoms with Crippen LogP contribution in [0.25, 0.3) is 0 Å². The van der Waals surface area contributed by atoms with E-state index in [1.54, 1.807) is 0 Å². The zero-order chi connectivity index (χ0) is 13.1. The highest BCUT2D eigenvalue weighted by Gasteiger charge is 2.21. The first-order valence-corrected chi connectivity index (χ1v) is 6.23. The van der Waals surface area contributed by atoms with Crippen molar-refractivity contribution in [3.05, 3.63) is 28.8 Å². The molecule has 4 heteroatoms. The summed E-state index contributed by atoms with van der Waals surface area (Å²) in [6.45, 7) is 4.48. The molecule has 1 aliphatic heterocycles. The maximum Gasteiger partial charge on any atom is 0.220 e. The van der Waals surface area contributed by atoms with Gasteiger partial charge in [0, 0.05) is 6.42 Å². The van der Waals surface area contributed by atoms with Gasteiger partial charge in [-0.15, -0.1) is 0 Å². The number of nitrogens with one attached hydrogen (secondary N) is 1. The highest BCUT2D eigenvalue weighted by Crippen LogP contribution is 2.25. The van der Waals surface area contributed by atoms with Crippen molar-refractivity contribution in [2.75, 3.05) is 6.61 Å². The number of benzene rings is 1. The Hall–Kier alpha value is -1.55. The van der Waals surface area contributed by atoms with E-state index in [4.69, 9.17) is 9.84 Å². The molecule has 98 valence electrons. The smallest absolute Gasteiger partial charge is 0.220 e. The van der Waals surface area contributed by atoms with E-state index in [1.165, 1.54) is 0 Å². The number of rotatable bonds is 4. The third-order valence-electron chi connectivity index (χ3n) is 3.22. The van der Waals surface area contributed by atoms with Gasteiger partial charge < -0.3 is 15.2 Å². The minimum Gasteiger partial charge on any atom is -0.491 e. The molecule has 2 rings (SSSR count). The molecule has 1 heterocycles. The van der Waals surface area contributed by atoms with Crippen LogP contribution in [-0.4, -0.2) is 23.7 Å². The maximum absolute atomic E-state index is 11.1. The van der Waals surface area contributed by atoms with Crippen LogP contribution in [0.2, 0.25) is 0 Å². The van der Waals surface area contributed by atoms with Gasteiger partial charge in [0.1, 0.15) is 12.4 Å². The minimum absolute atomic E-state index is 0.0423. The second kappa shape index (κ2) is 5.40. The molecule has 1 atom stereocenters. The second-order valence-electron chi connectivity index (χ2n) is 4.83. The summed E-state index contributed by atoms with van der Waals surface area (Å²) in [7, 11) is 0. The van der Waals surface area contributed by atoms with E-state index in [9.17, 15) is 4.79 Å². The van der Waals surface area contributed by atoms with Gasteiger partial charge in [0.2, 0.25) is 5.91 Å². The predicted octanol–water partition coefficient (Wildman–Crippen LogP) is 1.45. The number of carbonyl (C=O) groups is 1. The molecule has 1 fully saturated rings. The van der Waals surface area contributed by atoms with Crippen LogP contribution in [0, 0.1) is 13.8 Å². The maximum atomic E-state index is 11.1. The quantitative estimate of drug-likeness (QED) is 0.849. The average Bonchev–Trinajstić information content (AvgIpc) is 2.73. The van der Waals surface area contributed by atoms with Gasteiger partial charge in [0.05, 0.1) is 12.6 Å². The van der Waals surface area contributed by atoms with E-state index in [0.717, 1.165) is 28.9 Å². The normalized spacial score (nSPS) is 18.8. The van der Waals surface area contributed by atoms with Crippen molar-refractivity contribution in [2.24, 2.45) is 0 Å². The largest absolute Gasteiger partial charge is 0.491 e. The summed E-state index contributed by atoms with van der Waals surface area (Å²) in [5.41, 5.74) is 2.93. The van der Waals surface area contributed by atoms with Crippen molar-refractivity contribution in [1.82, 2.24) is 5.32 Å². The fourth-order valence-corrected chi connectivity index (χ4v) is 2.35. The van der Waals surface area contributed by atoms with Crippen molar-refractivity contribution in [3.63, 3.8) is 0 Å². The summed E-state index contributed by atoms with van der Waals surface area (Å²) < 4.78 is 5.80. The van der Waals surface area contributed by atoms with Gasteiger partial charge in [-0.1, -0.05) is 12.1 Å². The van der Waals surface area contributed by atoms with E-state index in [-0.39, 0.29) is 18.6 Å². The zero-order valence-electron chi connectivity index (χ0n) is 10.8. The van der Waals surface area contributed by atoms with E-state index >= 15 is 0 Å². The van der Waals surface area contributed by atoms with Crippen LogP contribution in [-0.2, 0) is 11.4 Å². The lowest BCUT2D eigenvalue weighted by Crippen LogP contribution is -2.31. The molecular formula is C14H19NO3. The molecule has 0 saturated carbocycles. The Kier molecular flexibility index (Phi) is 3.87. The Morgan fingerprint density at radius 3 is 2.56 bits per heavy atom. The van der Waals surface area contributed by atoms with E-state index < -0.39 is 0 Å². The molecule has 0 aliphatic carbocycles. The van der Waals surface area contributed by atoms with Gasteiger partial charge in [-0.2, -0.15) is 0 Å². The molecule has 1 unspecified atom stereocenters. The fourth-order valence-electron chi connectivity index (χ4n) is 2.35. The molecule has 1 aromatic rings. The summed E-state index contributed by atoms with van der Waals surface area (Å²) in [5, 5.41) is 12.0. The molecular weight excluding hydrogens is 230 g/mol. The van der Waals surface area contributed by atoms with Crippen molar-refractivity contribution in [2.45, 2.75) is 39.3 Å². The van der Waals surface area contributed by atoms with Crippen molar-refractivity contribution < 1.29 is 14.6 Å². The van der Waals surface area contributed by atoms with Crippen LogP contribution in [0.3, 0.4) is 0 Å². The van der Waals surface area contributed by atoms with Gasteiger partial charge in [-0.05, 0) is 37.0 Å². The highest BCUT2D eigenvalue weighted by atomic mass is 16.5. The molecule has 1 amide bonds. The number of amides is 1.